The molecule has 1 heterocycles. The Morgan fingerprint density at radius 2 is 1.81 bits per heavy atom. The van der Waals surface area contributed by atoms with Crippen molar-refractivity contribution in [3.8, 4) is 0 Å². The molecule has 1 unspecified atom stereocenters. The number of likely N-dealkylation sites (tertiary alicyclic amines) is 1. The molecule has 2 fully saturated rings. The van der Waals surface area contributed by atoms with Gasteiger partial charge in [-0.25, -0.2) is 0 Å². The van der Waals surface area contributed by atoms with Gasteiger partial charge in [0.2, 0.25) is 11.8 Å². The summed E-state index contributed by atoms with van der Waals surface area (Å²) in [6, 6.07) is 7.92. The molecule has 0 radical (unpaired) electrons. The van der Waals surface area contributed by atoms with E-state index in [1.54, 1.807) is 0 Å². The monoisotopic (exact) mass is 354 g/mol. The fourth-order valence-electron chi connectivity index (χ4n) is 4.21. The van der Waals surface area contributed by atoms with Crippen LogP contribution < -0.4 is 5.32 Å². The third-order valence-electron chi connectivity index (χ3n) is 5.97. The first-order chi connectivity index (χ1) is 12.6. The molecule has 5 nitrogen and oxygen atoms in total. The fraction of sp³-hybridized carbons (Fsp3) is 0.571. The number of amides is 2. The van der Waals surface area contributed by atoms with Crippen LogP contribution in [0, 0.1) is 5.92 Å². The Morgan fingerprint density at radius 3 is 2.54 bits per heavy atom. The molecule has 1 aromatic rings. The van der Waals surface area contributed by atoms with Gasteiger partial charge in [-0.05, 0) is 43.6 Å². The van der Waals surface area contributed by atoms with E-state index in [0.29, 0.717) is 30.4 Å². The average Bonchev–Trinajstić information content (AvgIpc) is 3.42. The SMILES string of the molecule is O=C(CCC1CCN(C(=O)C2CC(=O)c3ccccc32)CC1)NC1CC1. The van der Waals surface area contributed by atoms with Crippen molar-refractivity contribution >= 4 is 17.6 Å². The van der Waals surface area contributed by atoms with Crippen molar-refractivity contribution in [3.05, 3.63) is 35.4 Å². The van der Waals surface area contributed by atoms with E-state index in [9.17, 15) is 14.4 Å². The van der Waals surface area contributed by atoms with Crippen molar-refractivity contribution in [2.75, 3.05) is 13.1 Å². The van der Waals surface area contributed by atoms with Gasteiger partial charge in [0.25, 0.3) is 0 Å². The highest BCUT2D eigenvalue weighted by molar-refractivity contribution is 6.06. The van der Waals surface area contributed by atoms with E-state index in [0.717, 1.165) is 50.8 Å². The number of Topliss-reactive ketones (excluding diaryl/α,β-unsaturated/α-hetero) is 1. The Bertz CT molecular complexity index is 718. The Kier molecular flexibility index (Phi) is 4.79. The van der Waals surface area contributed by atoms with Gasteiger partial charge in [0.1, 0.15) is 0 Å². The second kappa shape index (κ2) is 7.22. The summed E-state index contributed by atoms with van der Waals surface area (Å²) in [5, 5.41) is 3.04. The van der Waals surface area contributed by atoms with Gasteiger partial charge in [-0.2, -0.15) is 0 Å². The highest BCUT2D eigenvalue weighted by atomic mass is 16.2. The first-order valence-electron chi connectivity index (χ1n) is 9.82. The van der Waals surface area contributed by atoms with Gasteiger partial charge in [0.05, 0.1) is 5.92 Å². The van der Waals surface area contributed by atoms with Crippen LogP contribution in [0.2, 0.25) is 0 Å². The third kappa shape index (κ3) is 3.67. The lowest BCUT2D eigenvalue weighted by Gasteiger charge is -2.33. The molecule has 1 aromatic carbocycles. The summed E-state index contributed by atoms with van der Waals surface area (Å²) in [5.74, 6) is 0.553. The van der Waals surface area contributed by atoms with Crippen LogP contribution in [0.25, 0.3) is 0 Å². The number of benzene rings is 1. The van der Waals surface area contributed by atoms with E-state index in [-0.39, 0.29) is 23.5 Å². The number of piperidine rings is 1. The zero-order valence-electron chi connectivity index (χ0n) is 15.1. The average molecular weight is 354 g/mol. The van der Waals surface area contributed by atoms with Crippen LogP contribution in [-0.4, -0.2) is 41.6 Å². The molecule has 3 aliphatic rings. The van der Waals surface area contributed by atoms with Crippen LogP contribution in [0.3, 0.4) is 0 Å². The number of carbonyl (C=O) groups is 3. The predicted molar refractivity (Wildman–Crippen MR) is 97.8 cm³/mol. The summed E-state index contributed by atoms with van der Waals surface area (Å²) >= 11 is 0. The zero-order valence-corrected chi connectivity index (χ0v) is 15.1. The summed E-state index contributed by atoms with van der Waals surface area (Å²) in [4.78, 5) is 38.8. The molecule has 2 amide bonds. The third-order valence-corrected chi connectivity index (χ3v) is 5.97. The quantitative estimate of drug-likeness (QED) is 0.884. The minimum Gasteiger partial charge on any atom is -0.353 e. The number of rotatable bonds is 5. The molecule has 0 spiro atoms. The van der Waals surface area contributed by atoms with E-state index in [1.165, 1.54) is 0 Å². The fourth-order valence-corrected chi connectivity index (χ4v) is 4.21. The number of fused-ring (bicyclic) bond motifs is 1. The van der Waals surface area contributed by atoms with E-state index in [1.807, 2.05) is 29.2 Å². The number of hydrogen-bond donors (Lipinski definition) is 1. The second-order valence-electron chi connectivity index (χ2n) is 7.92. The van der Waals surface area contributed by atoms with Gasteiger partial charge < -0.3 is 10.2 Å². The van der Waals surface area contributed by atoms with Gasteiger partial charge in [0, 0.05) is 37.5 Å². The van der Waals surface area contributed by atoms with E-state index in [2.05, 4.69) is 5.32 Å². The highest BCUT2D eigenvalue weighted by Crippen LogP contribution is 2.35. The molecule has 0 aromatic heterocycles. The minimum atomic E-state index is -0.306. The van der Waals surface area contributed by atoms with Crippen LogP contribution in [-0.2, 0) is 9.59 Å². The number of nitrogens with one attached hydrogen (secondary N) is 1. The van der Waals surface area contributed by atoms with Crippen molar-refractivity contribution in [3.63, 3.8) is 0 Å². The zero-order chi connectivity index (χ0) is 18.1. The Balaban J connectivity index is 1.27. The van der Waals surface area contributed by atoms with Crippen molar-refractivity contribution in [2.45, 2.75) is 56.9 Å². The van der Waals surface area contributed by atoms with Gasteiger partial charge in [-0.3, -0.25) is 14.4 Å². The molecule has 1 aliphatic heterocycles. The second-order valence-corrected chi connectivity index (χ2v) is 7.92. The number of nitrogens with zero attached hydrogens (tertiary/aromatic N) is 1. The van der Waals surface area contributed by atoms with Crippen molar-refractivity contribution in [1.82, 2.24) is 10.2 Å². The van der Waals surface area contributed by atoms with Crippen LogP contribution in [0.5, 0.6) is 0 Å². The van der Waals surface area contributed by atoms with Gasteiger partial charge >= 0.3 is 0 Å². The molecule has 0 bridgehead atoms. The van der Waals surface area contributed by atoms with E-state index >= 15 is 0 Å². The van der Waals surface area contributed by atoms with Crippen molar-refractivity contribution in [1.29, 1.82) is 0 Å². The van der Waals surface area contributed by atoms with Gasteiger partial charge in [0.15, 0.2) is 5.78 Å². The molecular formula is C21H26N2O3. The molecule has 4 rings (SSSR count). The molecular weight excluding hydrogens is 328 g/mol. The Morgan fingerprint density at radius 1 is 1.08 bits per heavy atom. The van der Waals surface area contributed by atoms with Gasteiger partial charge in [-0.15, -0.1) is 0 Å². The summed E-state index contributed by atoms with van der Waals surface area (Å²) in [5.41, 5.74) is 1.60. The normalized spacial score (nSPS) is 23.0. The smallest absolute Gasteiger partial charge is 0.230 e. The highest BCUT2D eigenvalue weighted by Gasteiger charge is 2.37. The van der Waals surface area contributed by atoms with Crippen LogP contribution >= 0.6 is 0 Å². The predicted octanol–water partition coefficient (Wildman–Crippen LogP) is 2.65. The van der Waals surface area contributed by atoms with E-state index < -0.39 is 0 Å². The Hall–Kier alpha value is -2.17. The lowest BCUT2D eigenvalue weighted by molar-refractivity contribution is -0.134. The van der Waals surface area contributed by atoms with Crippen molar-refractivity contribution in [2.24, 2.45) is 5.92 Å². The van der Waals surface area contributed by atoms with Crippen molar-refractivity contribution < 1.29 is 14.4 Å². The lowest BCUT2D eigenvalue weighted by Crippen LogP contribution is -2.41. The molecule has 2 aliphatic carbocycles. The molecule has 1 N–H and O–H groups in total. The maximum atomic E-state index is 12.9. The molecule has 1 atom stereocenters. The maximum Gasteiger partial charge on any atom is 0.230 e. The molecule has 26 heavy (non-hydrogen) atoms. The molecule has 1 saturated heterocycles. The first kappa shape index (κ1) is 17.3. The topological polar surface area (TPSA) is 66.5 Å². The summed E-state index contributed by atoms with van der Waals surface area (Å²) in [6.07, 6.45) is 5.96. The molecule has 1 saturated carbocycles. The Labute approximate surface area is 154 Å². The van der Waals surface area contributed by atoms with Gasteiger partial charge in [-0.1, -0.05) is 24.3 Å². The number of carbonyl (C=O) groups excluding carboxylic acids is 3. The largest absolute Gasteiger partial charge is 0.353 e. The summed E-state index contributed by atoms with van der Waals surface area (Å²) in [7, 11) is 0. The number of hydrogen-bond acceptors (Lipinski definition) is 3. The van der Waals surface area contributed by atoms with Crippen LogP contribution in [0.1, 0.15) is 66.8 Å². The first-order valence-corrected chi connectivity index (χ1v) is 9.82. The van der Waals surface area contributed by atoms with Crippen LogP contribution in [0.15, 0.2) is 24.3 Å². The summed E-state index contributed by atoms with van der Waals surface area (Å²) < 4.78 is 0. The standard InChI is InChI=1S/C21H26N2O3/c24-19-13-18(16-3-1-2-4-17(16)19)21(26)23-11-9-14(10-12-23)5-8-20(25)22-15-6-7-15/h1-4,14-15,18H,5-13H2,(H,22,25). The van der Waals surface area contributed by atoms with E-state index in [4.69, 9.17) is 0 Å². The summed E-state index contributed by atoms with van der Waals surface area (Å²) in [6.45, 7) is 1.47. The molecule has 5 heteroatoms. The van der Waals surface area contributed by atoms with Crippen LogP contribution in [0.4, 0.5) is 0 Å². The number of ketones is 1. The molecule has 138 valence electrons. The minimum absolute atomic E-state index is 0.0792. The lowest BCUT2D eigenvalue weighted by atomic mass is 9.90. The maximum absolute atomic E-state index is 12.9.